The number of benzene rings is 1. The van der Waals surface area contributed by atoms with E-state index in [0.717, 1.165) is 19.6 Å². The highest BCUT2D eigenvalue weighted by molar-refractivity contribution is 7.11. The maximum Gasteiger partial charge on any atom is 0.0682 e. The van der Waals surface area contributed by atoms with Crippen molar-refractivity contribution in [2.75, 3.05) is 6.54 Å². The normalized spacial score (nSPS) is 11.2. The predicted molar refractivity (Wildman–Crippen MR) is 80.5 cm³/mol. The maximum absolute atomic E-state index is 4.42. The van der Waals surface area contributed by atoms with Crippen LogP contribution in [0.25, 0.3) is 10.9 Å². The summed E-state index contributed by atoms with van der Waals surface area (Å²) >= 11 is 1.85. The third-order valence-corrected chi connectivity index (χ3v) is 4.15. The van der Waals surface area contributed by atoms with E-state index in [0.29, 0.717) is 0 Å². The van der Waals surface area contributed by atoms with E-state index in [1.54, 1.807) is 0 Å². The monoisotopic (exact) mass is 271 g/mol. The Labute approximate surface area is 116 Å². The number of rotatable bonds is 5. The van der Waals surface area contributed by atoms with Gasteiger partial charge in [0.1, 0.15) is 0 Å². The lowest BCUT2D eigenvalue weighted by molar-refractivity contribution is 0.569. The first-order valence-electron chi connectivity index (χ1n) is 6.49. The molecule has 0 aliphatic carbocycles. The summed E-state index contributed by atoms with van der Waals surface area (Å²) in [6.45, 7) is 4.92. The third-order valence-electron chi connectivity index (χ3n) is 3.15. The Kier molecular flexibility index (Phi) is 3.62. The second-order valence-electron chi connectivity index (χ2n) is 4.62. The van der Waals surface area contributed by atoms with Crippen LogP contribution in [-0.2, 0) is 13.1 Å². The Morgan fingerprint density at radius 1 is 1.21 bits per heavy atom. The molecule has 0 bridgehead atoms. The van der Waals surface area contributed by atoms with Gasteiger partial charge in [0.25, 0.3) is 0 Å². The number of para-hydroxylation sites is 1. The molecule has 0 fully saturated rings. The molecule has 0 aliphatic rings. The number of hydrogen-bond acceptors (Lipinski definition) is 3. The van der Waals surface area contributed by atoms with E-state index in [1.165, 1.54) is 20.7 Å². The summed E-state index contributed by atoms with van der Waals surface area (Å²) in [5.41, 5.74) is 1.20. The molecule has 3 rings (SSSR count). The van der Waals surface area contributed by atoms with Crippen LogP contribution in [0.15, 0.2) is 42.6 Å². The van der Waals surface area contributed by atoms with Crippen LogP contribution in [0.2, 0.25) is 0 Å². The second kappa shape index (κ2) is 5.55. The van der Waals surface area contributed by atoms with E-state index in [2.05, 4.69) is 52.4 Å². The van der Waals surface area contributed by atoms with Crippen LogP contribution in [0, 0.1) is 6.92 Å². The molecule has 0 spiro atoms. The van der Waals surface area contributed by atoms with Crippen LogP contribution in [0.3, 0.4) is 0 Å². The molecule has 2 aromatic heterocycles. The molecular formula is C15H17N3S. The highest BCUT2D eigenvalue weighted by Crippen LogP contribution is 2.14. The van der Waals surface area contributed by atoms with Crippen molar-refractivity contribution in [2.45, 2.75) is 20.0 Å². The van der Waals surface area contributed by atoms with Gasteiger partial charge < -0.3 is 5.32 Å². The van der Waals surface area contributed by atoms with Crippen LogP contribution < -0.4 is 5.32 Å². The summed E-state index contributed by atoms with van der Waals surface area (Å²) in [5.74, 6) is 0. The summed E-state index contributed by atoms with van der Waals surface area (Å²) in [6, 6.07) is 12.7. The Morgan fingerprint density at radius 2 is 2.11 bits per heavy atom. The summed E-state index contributed by atoms with van der Waals surface area (Å²) < 4.78 is 2.06. The van der Waals surface area contributed by atoms with E-state index in [-0.39, 0.29) is 0 Å². The second-order valence-corrected chi connectivity index (χ2v) is 5.99. The van der Waals surface area contributed by atoms with Crippen molar-refractivity contribution in [2.24, 2.45) is 0 Å². The summed E-state index contributed by atoms with van der Waals surface area (Å²) in [7, 11) is 0. The van der Waals surface area contributed by atoms with Crippen molar-refractivity contribution in [3.8, 4) is 0 Å². The Hall–Kier alpha value is -1.65. The van der Waals surface area contributed by atoms with Crippen molar-refractivity contribution >= 4 is 22.2 Å². The molecule has 0 radical (unpaired) electrons. The molecular weight excluding hydrogens is 254 g/mol. The van der Waals surface area contributed by atoms with Gasteiger partial charge in [0.2, 0.25) is 0 Å². The van der Waals surface area contributed by atoms with Crippen molar-refractivity contribution < 1.29 is 0 Å². The minimum Gasteiger partial charge on any atom is -0.310 e. The highest BCUT2D eigenvalue weighted by Gasteiger charge is 2.01. The first-order valence-corrected chi connectivity index (χ1v) is 7.31. The molecule has 0 saturated carbocycles. The minimum atomic E-state index is 0.901. The lowest BCUT2D eigenvalue weighted by Gasteiger charge is -2.05. The van der Waals surface area contributed by atoms with Gasteiger partial charge in [0, 0.05) is 28.2 Å². The van der Waals surface area contributed by atoms with Crippen LogP contribution in [0.4, 0.5) is 0 Å². The molecule has 0 amide bonds. The molecule has 0 unspecified atom stereocenters. The van der Waals surface area contributed by atoms with Crippen LogP contribution in [-0.4, -0.2) is 16.3 Å². The molecule has 0 atom stereocenters. The van der Waals surface area contributed by atoms with Gasteiger partial charge in [-0.2, -0.15) is 5.10 Å². The summed E-state index contributed by atoms with van der Waals surface area (Å²) in [4.78, 5) is 2.76. The van der Waals surface area contributed by atoms with E-state index in [1.807, 2.05) is 23.6 Å². The first-order chi connectivity index (χ1) is 9.33. The molecule has 3 nitrogen and oxygen atoms in total. The largest absolute Gasteiger partial charge is 0.310 e. The number of thiophene rings is 1. The van der Waals surface area contributed by atoms with E-state index in [9.17, 15) is 0 Å². The average Bonchev–Trinajstić information content (AvgIpc) is 3.02. The molecule has 98 valence electrons. The Morgan fingerprint density at radius 3 is 2.95 bits per heavy atom. The fourth-order valence-electron chi connectivity index (χ4n) is 2.18. The van der Waals surface area contributed by atoms with Crippen LogP contribution >= 0.6 is 11.3 Å². The molecule has 19 heavy (non-hydrogen) atoms. The first kappa shape index (κ1) is 12.4. The molecule has 0 aliphatic heterocycles. The van der Waals surface area contributed by atoms with Gasteiger partial charge in [0.05, 0.1) is 18.3 Å². The smallest absolute Gasteiger partial charge is 0.0682 e. The summed E-state index contributed by atoms with van der Waals surface area (Å²) in [5, 5.41) is 9.10. The Balaban J connectivity index is 1.55. The van der Waals surface area contributed by atoms with Crippen molar-refractivity contribution in [3.63, 3.8) is 0 Å². The lowest BCUT2D eigenvalue weighted by Crippen LogP contribution is -2.19. The predicted octanol–water partition coefficient (Wildman–Crippen LogP) is 3.20. The SMILES string of the molecule is Cc1ccc(CNCCn2ncc3ccccc32)s1. The van der Waals surface area contributed by atoms with Gasteiger partial charge in [-0.25, -0.2) is 0 Å². The van der Waals surface area contributed by atoms with Crippen molar-refractivity contribution in [1.82, 2.24) is 15.1 Å². The van der Waals surface area contributed by atoms with Crippen LogP contribution in [0.1, 0.15) is 9.75 Å². The van der Waals surface area contributed by atoms with E-state index in [4.69, 9.17) is 0 Å². The lowest BCUT2D eigenvalue weighted by atomic mass is 10.2. The number of nitrogens with one attached hydrogen (secondary N) is 1. The quantitative estimate of drug-likeness (QED) is 0.722. The van der Waals surface area contributed by atoms with E-state index < -0.39 is 0 Å². The van der Waals surface area contributed by atoms with Gasteiger partial charge in [-0.15, -0.1) is 11.3 Å². The molecule has 2 heterocycles. The number of aryl methyl sites for hydroxylation is 1. The van der Waals surface area contributed by atoms with Gasteiger partial charge in [-0.05, 0) is 25.1 Å². The third kappa shape index (κ3) is 2.85. The number of hydrogen-bond donors (Lipinski definition) is 1. The highest BCUT2D eigenvalue weighted by atomic mass is 32.1. The average molecular weight is 271 g/mol. The fourth-order valence-corrected chi connectivity index (χ4v) is 3.04. The molecule has 1 N–H and O–H groups in total. The topological polar surface area (TPSA) is 29.9 Å². The van der Waals surface area contributed by atoms with Crippen molar-refractivity contribution in [3.05, 3.63) is 52.3 Å². The zero-order valence-electron chi connectivity index (χ0n) is 11.0. The molecule has 4 heteroatoms. The van der Waals surface area contributed by atoms with E-state index >= 15 is 0 Å². The van der Waals surface area contributed by atoms with Crippen LogP contribution in [0.5, 0.6) is 0 Å². The zero-order valence-corrected chi connectivity index (χ0v) is 11.8. The molecule has 0 saturated heterocycles. The maximum atomic E-state index is 4.42. The molecule has 1 aromatic carbocycles. The van der Waals surface area contributed by atoms with Gasteiger partial charge in [-0.1, -0.05) is 18.2 Å². The van der Waals surface area contributed by atoms with Crippen molar-refractivity contribution in [1.29, 1.82) is 0 Å². The summed E-state index contributed by atoms with van der Waals surface area (Å²) in [6.07, 6.45) is 1.93. The Bertz CT molecular complexity index is 669. The number of fused-ring (bicyclic) bond motifs is 1. The number of nitrogens with zero attached hydrogens (tertiary/aromatic N) is 2. The van der Waals surface area contributed by atoms with Gasteiger partial charge in [-0.3, -0.25) is 4.68 Å². The molecule has 3 aromatic rings. The standard InChI is InChI=1S/C15H17N3S/c1-12-6-7-14(19-12)11-16-8-9-18-15-5-3-2-4-13(15)10-17-18/h2-7,10,16H,8-9,11H2,1H3. The number of aromatic nitrogens is 2. The van der Waals surface area contributed by atoms with Gasteiger partial charge >= 0.3 is 0 Å². The minimum absolute atomic E-state index is 0.901. The zero-order chi connectivity index (χ0) is 13.1. The fraction of sp³-hybridized carbons (Fsp3) is 0.267. The van der Waals surface area contributed by atoms with Gasteiger partial charge in [0.15, 0.2) is 0 Å².